The van der Waals surface area contributed by atoms with Crippen LogP contribution in [0.4, 0.5) is 0 Å². The minimum atomic E-state index is -3.00. The van der Waals surface area contributed by atoms with Crippen LogP contribution in [0.3, 0.4) is 0 Å². The molecule has 352 valence electrons. The van der Waals surface area contributed by atoms with Crippen LogP contribution in [0.5, 0.6) is 5.75 Å². The van der Waals surface area contributed by atoms with Crippen LogP contribution >= 0.6 is 0 Å². The maximum atomic E-state index is 12.5. The van der Waals surface area contributed by atoms with Crippen molar-refractivity contribution in [3.05, 3.63) is 191 Å². The van der Waals surface area contributed by atoms with Crippen molar-refractivity contribution in [3.63, 3.8) is 0 Å². The molecule has 0 aliphatic rings. The molecule has 5 heteroatoms. The maximum absolute atomic E-state index is 12.5. The molecule has 1 N–H and O–H groups in total. The average Bonchev–Trinajstić information content (AvgIpc) is 1.99. The van der Waals surface area contributed by atoms with E-state index in [1.807, 2.05) is 136 Å². The van der Waals surface area contributed by atoms with Gasteiger partial charge in [-0.1, -0.05) is 189 Å². The van der Waals surface area contributed by atoms with E-state index in [4.69, 9.17) is 21.4 Å². The number of phenolic OH excluding ortho intramolecular Hbond substituents is 1. The third-order valence-electron chi connectivity index (χ3n) is 12.6. The number of nitrogens with zero attached hydrogens (tertiary/aromatic N) is 3. The van der Waals surface area contributed by atoms with E-state index in [0.29, 0.717) is 55.9 Å². The van der Waals surface area contributed by atoms with Gasteiger partial charge in [-0.05, 0) is 117 Å². The maximum Gasteiger partial charge on any atom is 0.148 e. The Morgan fingerprint density at radius 3 is 1.97 bits per heavy atom. The van der Waals surface area contributed by atoms with Crippen LogP contribution in [-0.4, -0.2) is 19.6 Å². The first-order valence-electron chi connectivity index (χ1n) is 29.6. The normalized spacial score (nSPS) is 15.0. The molecule has 9 aromatic rings. The number of imidazole rings is 1. The van der Waals surface area contributed by atoms with Gasteiger partial charge in [-0.2, -0.15) is 0 Å². The van der Waals surface area contributed by atoms with Crippen molar-refractivity contribution in [1.82, 2.24) is 14.5 Å². The van der Waals surface area contributed by atoms with Gasteiger partial charge in [-0.25, -0.2) is 4.98 Å². The van der Waals surface area contributed by atoms with Crippen molar-refractivity contribution < 1.29 is 44.0 Å². The molecule has 0 bridgehead atoms. The number of hydrogen-bond acceptors (Lipinski definition) is 3. The van der Waals surface area contributed by atoms with Gasteiger partial charge in [0.25, 0.3) is 0 Å². The predicted octanol–water partition coefficient (Wildman–Crippen LogP) is 17.4. The molecule has 0 saturated carbocycles. The zero-order valence-electron chi connectivity index (χ0n) is 53.7. The molecule has 0 spiro atoms. The zero-order chi connectivity index (χ0) is 59.3. The van der Waals surface area contributed by atoms with E-state index >= 15 is 0 Å². The molecule has 0 unspecified atom stereocenters. The SMILES string of the molecule is [2H]c1nc(-c2[c-]c(-c3cccc4c3nc(-c3cc(C(C)C)cc(C(C)C)c3O)n4-c3cc(C([2H])([2H])[2H])c(-c4ccc(C(C)(C)C)cc4)cc3-c3ccccc3)cc(C(C)(C)C)c2)c([2H])c(-c2c([2H])c([2H])c(C([2H])([2H])[2H])c([2H])c2[2H])c1[2H].[Pt]. The number of rotatable bonds is 9. The Balaban J connectivity index is 0.00000880. The number of aromatic nitrogens is 3. The molecule has 0 aliphatic carbocycles. The fourth-order valence-electron chi connectivity index (χ4n) is 8.66. The molecule has 2 heterocycles. The predicted molar refractivity (Wildman–Crippen MR) is 287 cm³/mol. The Bertz CT molecular complexity index is 3930. The summed E-state index contributed by atoms with van der Waals surface area (Å²) in [6.07, 6.45) is -0.628. The van der Waals surface area contributed by atoms with Crippen LogP contribution in [0.1, 0.15) is 132 Å². The van der Waals surface area contributed by atoms with E-state index < -0.39 is 78.2 Å². The van der Waals surface area contributed by atoms with Gasteiger partial charge in [0.05, 0.1) is 31.9 Å². The summed E-state index contributed by atoms with van der Waals surface area (Å²) in [6, 6.07) is 33.7. The van der Waals surface area contributed by atoms with Crippen LogP contribution in [0.25, 0.3) is 83.9 Å². The van der Waals surface area contributed by atoms with Crippen LogP contribution in [-0.2, 0) is 31.9 Å². The summed E-state index contributed by atoms with van der Waals surface area (Å²) in [5.41, 5.74) is 6.87. The van der Waals surface area contributed by atoms with Crippen LogP contribution < -0.4 is 0 Å². The summed E-state index contributed by atoms with van der Waals surface area (Å²) in [4.78, 5) is 9.94. The van der Waals surface area contributed by atoms with Crippen molar-refractivity contribution in [2.75, 3.05) is 0 Å². The van der Waals surface area contributed by atoms with E-state index in [9.17, 15) is 6.48 Å². The fourth-order valence-corrected chi connectivity index (χ4v) is 8.66. The van der Waals surface area contributed by atoms with Gasteiger partial charge in [0.1, 0.15) is 11.6 Å². The van der Waals surface area contributed by atoms with Gasteiger partial charge >= 0.3 is 0 Å². The summed E-state index contributed by atoms with van der Waals surface area (Å²) in [6.45, 7) is 14.9. The van der Waals surface area contributed by atoms with Gasteiger partial charge in [0.2, 0.25) is 0 Å². The molecule has 0 aliphatic heterocycles. The molecule has 7 aromatic carbocycles. The second-order valence-electron chi connectivity index (χ2n) is 20.3. The number of aryl methyl sites for hydroxylation is 1. The Hall–Kier alpha value is -6.35. The summed E-state index contributed by atoms with van der Waals surface area (Å²) in [5.74, 6) is 0.288. The average molecular weight is 1100 g/mol. The second kappa shape index (κ2) is 19.2. The molecule has 0 fully saturated rings. The standard InChI is InChI=1S/C64H64N3O.Pt/c1-39(2)47-35-53(40(3)4)61(68)56(36-47)62-66-60-52(48-32-49(34-51(33-48)64(10,11)12)57-37-46(29-30-65-57)43-23-21-41(5)22-24-43)19-16-20-58(60)67(62)59-31-42(6)54(38-55(59)44-17-14-13-15-18-44)45-25-27-50(28-26-45)63(7,8)9;/h13-31,33-40,68H,1-12H3;/q-1;/i5D3,6D3,21D,22D,23D,24D,29D,30D,37D;. The minimum absolute atomic E-state index is 0. The van der Waals surface area contributed by atoms with Crippen molar-refractivity contribution in [3.8, 4) is 78.6 Å². The first-order chi connectivity index (χ1) is 37.7. The molecule has 2 aromatic heterocycles. The Labute approximate surface area is 443 Å². The second-order valence-corrected chi connectivity index (χ2v) is 20.3. The van der Waals surface area contributed by atoms with E-state index in [2.05, 4.69) is 45.7 Å². The summed E-state index contributed by atoms with van der Waals surface area (Å²) in [5, 5.41) is 12.5. The molecule has 0 saturated heterocycles. The zero-order valence-corrected chi connectivity index (χ0v) is 42.9. The third kappa shape index (κ3) is 9.79. The minimum Gasteiger partial charge on any atom is -0.507 e. The van der Waals surface area contributed by atoms with Crippen molar-refractivity contribution >= 4 is 11.0 Å². The molecule has 69 heavy (non-hydrogen) atoms. The van der Waals surface area contributed by atoms with E-state index in [1.165, 1.54) is 0 Å². The first-order valence-corrected chi connectivity index (χ1v) is 23.1. The number of aromatic hydroxyl groups is 1. The summed E-state index contributed by atoms with van der Waals surface area (Å²) >= 11 is 0. The van der Waals surface area contributed by atoms with Crippen molar-refractivity contribution in [1.29, 1.82) is 0 Å². The molecule has 0 atom stereocenters. The van der Waals surface area contributed by atoms with E-state index in [0.717, 1.165) is 27.8 Å². The van der Waals surface area contributed by atoms with Crippen LogP contribution in [0, 0.1) is 19.8 Å². The quantitative estimate of drug-likeness (QED) is 0.147. The number of pyridine rings is 1. The van der Waals surface area contributed by atoms with E-state index in [1.54, 1.807) is 12.1 Å². The number of para-hydroxylation sites is 1. The Morgan fingerprint density at radius 2 is 1.32 bits per heavy atom. The van der Waals surface area contributed by atoms with Crippen LogP contribution in [0.15, 0.2) is 152 Å². The number of fused-ring (bicyclic) bond motifs is 1. The largest absolute Gasteiger partial charge is 0.507 e. The first kappa shape index (κ1) is 34.9. The monoisotopic (exact) mass is 1100 g/mol. The van der Waals surface area contributed by atoms with Crippen molar-refractivity contribution in [2.24, 2.45) is 0 Å². The topological polar surface area (TPSA) is 50.9 Å². The number of benzene rings is 7. The number of hydrogen-bond donors (Lipinski definition) is 1. The molecule has 9 rings (SSSR count). The van der Waals surface area contributed by atoms with Gasteiger partial charge in [-0.15, -0.1) is 29.3 Å². The van der Waals surface area contributed by atoms with Gasteiger partial charge in [0.15, 0.2) is 0 Å². The molecule has 0 radical (unpaired) electrons. The third-order valence-corrected chi connectivity index (χ3v) is 12.6. The molecular formula is C64H64N3OPt-. The van der Waals surface area contributed by atoms with Crippen molar-refractivity contribution in [2.45, 2.75) is 106 Å². The Morgan fingerprint density at radius 1 is 0.623 bits per heavy atom. The van der Waals surface area contributed by atoms with Crippen LogP contribution in [0.2, 0.25) is 0 Å². The summed E-state index contributed by atoms with van der Waals surface area (Å²) in [7, 11) is 0. The molecule has 0 amide bonds. The van der Waals surface area contributed by atoms with E-state index in [-0.39, 0.29) is 60.9 Å². The number of phenols is 1. The van der Waals surface area contributed by atoms with Gasteiger partial charge in [-0.3, -0.25) is 9.55 Å². The molecular weight excluding hydrogens is 1020 g/mol. The summed E-state index contributed by atoms with van der Waals surface area (Å²) < 4.78 is 116. The Kier molecular flexibility index (Phi) is 9.70. The fraction of sp³-hybridized carbons (Fsp3) is 0.250. The van der Waals surface area contributed by atoms with Gasteiger partial charge < -0.3 is 5.11 Å². The van der Waals surface area contributed by atoms with Gasteiger partial charge in [0, 0.05) is 46.7 Å². The molecule has 4 nitrogen and oxygen atoms in total. The smallest absolute Gasteiger partial charge is 0.148 e.